The first-order chi connectivity index (χ1) is 13.5. The van der Waals surface area contributed by atoms with E-state index in [-0.39, 0.29) is 5.92 Å². The smallest absolute Gasteiger partial charge is 0.356 e. The fourth-order valence-electron chi connectivity index (χ4n) is 3.62. The molecule has 5 nitrogen and oxygen atoms in total. The second-order valence-electron chi connectivity index (χ2n) is 6.92. The number of hydrogen-bond donors (Lipinski definition) is 0. The van der Waals surface area contributed by atoms with Crippen LogP contribution in [-0.4, -0.2) is 32.6 Å². The Labute approximate surface area is 160 Å². The number of halogens is 3. The van der Waals surface area contributed by atoms with Crippen LogP contribution >= 0.6 is 0 Å². The molecule has 1 aliphatic heterocycles. The molecule has 1 aliphatic rings. The monoisotopic (exact) mass is 387 g/mol. The van der Waals surface area contributed by atoms with Crippen LogP contribution in [0.25, 0.3) is 0 Å². The number of anilines is 1. The zero-order chi connectivity index (χ0) is 19.6. The summed E-state index contributed by atoms with van der Waals surface area (Å²) in [5.74, 6) is 1.74. The molecule has 0 N–H and O–H groups in total. The largest absolute Gasteiger partial charge is 0.417 e. The Bertz CT molecular complexity index is 906. The molecule has 3 aromatic rings. The van der Waals surface area contributed by atoms with Gasteiger partial charge in [0.1, 0.15) is 11.6 Å². The van der Waals surface area contributed by atoms with Crippen LogP contribution in [0.5, 0.6) is 0 Å². The molecular weight excluding hydrogens is 367 g/mol. The van der Waals surface area contributed by atoms with Crippen LogP contribution in [0.2, 0.25) is 0 Å². The molecule has 0 bridgehead atoms. The van der Waals surface area contributed by atoms with E-state index in [4.69, 9.17) is 0 Å². The minimum atomic E-state index is -4.37. The molecule has 146 valence electrons. The van der Waals surface area contributed by atoms with E-state index in [9.17, 15) is 13.2 Å². The van der Waals surface area contributed by atoms with Gasteiger partial charge < -0.3 is 9.47 Å². The number of aromatic nitrogens is 4. The van der Waals surface area contributed by atoms with Crippen molar-refractivity contribution in [3.63, 3.8) is 0 Å². The first-order valence-corrected chi connectivity index (χ1v) is 9.20. The SMILES string of the molecule is FC(F)(F)c1ccc(N2CCC[C@@H](c3nccn3Cc3ccccn3)C2)nc1. The van der Waals surface area contributed by atoms with E-state index in [1.807, 2.05) is 29.3 Å². The van der Waals surface area contributed by atoms with Crippen molar-refractivity contribution in [2.24, 2.45) is 0 Å². The van der Waals surface area contributed by atoms with E-state index in [2.05, 4.69) is 19.5 Å². The molecule has 1 saturated heterocycles. The maximum Gasteiger partial charge on any atom is 0.417 e. The Kier molecular flexibility index (Phi) is 5.02. The molecule has 8 heteroatoms. The highest BCUT2D eigenvalue weighted by molar-refractivity contribution is 5.41. The van der Waals surface area contributed by atoms with E-state index in [1.54, 1.807) is 12.4 Å². The van der Waals surface area contributed by atoms with Gasteiger partial charge in [0.05, 0.1) is 17.8 Å². The molecule has 3 aromatic heterocycles. The van der Waals surface area contributed by atoms with Crippen molar-refractivity contribution in [3.05, 3.63) is 72.2 Å². The van der Waals surface area contributed by atoms with Gasteiger partial charge in [0.2, 0.25) is 0 Å². The number of pyridine rings is 2. The zero-order valence-electron chi connectivity index (χ0n) is 15.2. The minimum Gasteiger partial charge on any atom is -0.356 e. The molecule has 0 aromatic carbocycles. The molecule has 0 spiro atoms. The van der Waals surface area contributed by atoms with Crippen LogP contribution in [0, 0.1) is 0 Å². The normalized spacial score (nSPS) is 17.7. The quantitative estimate of drug-likeness (QED) is 0.676. The van der Waals surface area contributed by atoms with Gasteiger partial charge in [0.15, 0.2) is 0 Å². The van der Waals surface area contributed by atoms with Gasteiger partial charge in [-0.3, -0.25) is 4.98 Å². The average molecular weight is 387 g/mol. The topological polar surface area (TPSA) is 46.8 Å². The van der Waals surface area contributed by atoms with Crippen molar-refractivity contribution in [1.82, 2.24) is 19.5 Å². The number of nitrogens with zero attached hydrogens (tertiary/aromatic N) is 5. The Morgan fingerprint density at radius 2 is 1.93 bits per heavy atom. The van der Waals surface area contributed by atoms with Gasteiger partial charge in [-0.1, -0.05) is 6.07 Å². The maximum atomic E-state index is 12.8. The Morgan fingerprint density at radius 3 is 2.64 bits per heavy atom. The Morgan fingerprint density at radius 1 is 1.04 bits per heavy atom. The van der Waals surface area contributed by atoms with Gasteiger partial charge in [-0.2, -0.15) is 13.2 Å². The predicted molar refractivity (Wildman–Crippen MR) is 99.0 cm³/mol. The van der Waals surface area contributed by atoms with E-state index in [0.29, 0.717) is 18.9 Å². The predicted octanol–water partition coefficient (Wildman–Crippen LogP) is 4.12. The summed E-state index contributed by atoms with van der Waals surface area (Å²) in [5.41, 5.74) is 0.231. The zero-order valence-corrected chi connectivity index (χ0v) is 15.2. The summed E-state index contributed by atoms with van der Waals surface area (Å²) in [5, 5.41) is 0. The molecule has 0 saturated carbocycles. The highest BCUT2D eigenvalue weighted by atomic mass is 19.4. The molecule has 0 radical (unpaired) electrons. The fourth-order valence-corrected chi connectivity index (χ4v) is 3.62. The maximum absolute atomic E-state index is 12.8. The van der Waals surface area contributed by atoms with Gasteiger partial charge >= 0.3 is 6.18 Å². The number of imidazole rings is 1. The molecule has 0 amide bonds. The van der Waals surface area contributed by atoms with Crippen LogP contribution in [0.1, 0.15) is 35.8 Å². The molecule has 4 rings (SSSR count). The third kappa shape index (κ3) is 4.00. The van der Waals surface area contributed by atoms with Crippen molar-refractivity contribution in [2.75, 3.05) is 18.0 Å². The summed E-state index contributed by atoms with van der Waals surface area (Å²) >= 11 is 0. The molecular formula is C20H20F3N5. The Balaban J connectivity index is 1.50. The highest BCUT2D eigenvalue weighted by Gasteiger charge is 2.31. The van der Waals surface area contributed by atoms with E-state index >= 15 is 0 Å². The third-order valence-corrected chi connectivity index (χ3v) is 4.99. The van der Waals surface area contributed by atoms with Crippen LogP contribution < -0.4 is 4.90 Å². The molecule has 28 heavy (non-hydrogen) atoms. The second-order valence-corrected chi connectivity index (χ2v) is 6.92. The summed E-state index contributed by atoms with van der Waals surface area (Å²) < 4.78 is 40.4. The summed E-state index contributed by atoms with van der Waals surface area (Å²) in [7, 11) is 0. The number of hydrogen-bond acceptors (Lipinski definition) is 4. The molecule has 0 unspecified atom stereocenters. The lowest BCUT2D eigenvalue weighted by Crippen LogP contribution is -2.36. The van der Waals surface area contributed by atoms with Crippen LogP contribution in [-0.2, 0) is 12.7 Å². The van der Waals surface area contributed by atoms with Crippen LogP contribution in [0.15, 0.2) is 55.1 Å². The molecule has 1 atom stereocenters. The Hall–Kier alpha value is -2.90. The lowest BCUT2D eigenvalue weighted by atomic mass is 9.97. The van der Waals surface area contributed by atoms with Gasteiger partial charge in [0.25, 0.3) is 0 Å². The molecule has 0 aliphatic carbocycles. The number of alkyl halides is 3. The van der Waals surface area contributed by atoms with Crippen molar-refractivity contribution < 1.29 is 13.2 Å². The fraction of sp³-hybridized carbons (Fsp3) is 0.350. The summed E-state index contributed by atoms with van der Waals surface area (Å²) in [6.07, 6.45) is 3.95. The first kappa shape index (κ1) is 18.5. The summed E-state index contributed by atoms with van der Waals surface area (Å²) in [6.45, 7) is 2.10. The standard InChI is InChI=1S/C20H20F3N5/c21-20(22,23)16-6-7-18(26-12-16)27-10-3-4-15(13-27)19-25-9-11-28(19)14-17-5-1-2-8-24-17/h1-2,5-9,11-12,15H,3-4,10,13-14H2/t15-/m1/s1. The minimum absolute atomic E-state index is 0.191. The molecule has 1 fully saturated rings. The van der Waals surface area contributed by atoms with E-state index in [0.717, 1.165) is 43.2 Å². The van der Waals surface area contributed by atoms with E-state index in [1.165, 1.54) is 6.07 Å². The summed E-state index contributed by atoms with van der Waals surface area (Å²) in [6, 6.07) is 8.36. The lowest BCUT2D eigenvalue weighted by molar-refractivity contribution is -0.137. The summed E-state index contributed by atoms with van der Waals surface area (Å²) in [4.78, 5) is 15.0. The third-order valence-electron chi connectivity index (χ3n) is 4.99. The lowest BCUT2D eigenvalue weighted by Gasteiger charge is -2.33. The second kappa shape index (κ2) is 7.61. The number of rotatable bonds is 4. The first-order valence-electron chi connectivity index (χ1n) is 9.20. The average Bonchev–Trinajstić information content (AvgIpc) is 3.16. The molecule has 4 heterocycles. The van der Waals surface area contributed by atoms with E-state index < -0.39 is 11.7 Å². The van der Waals surface area contributed by atoms with Crippen molar-refractivity contribution >= 4 is 5.82 Å². The van der Waals surface area contributed by atoms with Crippen LogP contribution in [0.3, 0.4) is 0 Å². The number of piperidine rings is 1. The van der Waals surface area contributed by atoms with Crippen molar-refractivity contribution in [3.8, 4) is 0 Å². The van der Waals surface area contributed by atoms with Gasteiger partial charge in [-0.05, 0) is 37.1 Å². The van der Waals surface area contributed by atoms with Crippen molar-refractivity contribution in [1.29, 1.82) is 0 Å². The van der Waals surface area contributed by atoms with Crippen molar-refractivity contribution in [2.45, 2.75) is 31.5 Å². The van der Waals surface area contributed by atoms with Gasteiger partial charge in [-0.15, -0.1) is 0 Å². The van der Waals surface area contributed by atoms with Gasteiger partial charge in [-0.25, -0.2) is 9.97 Å². The highest BCUT2D eigenvalue weighted by Crippen LogP contribution is 2.32. The van der Waals surface area contributed by atoms with Gasteiger partial charge in [0, 0.05) is 43.8 Å². The van der Waals surface area contributed by atoms with Crippen LogP contribution in [0.4, 0.5) is 19.0 Å².